The van der Waals surface area contributed by atoms with Crippen LogP contribution in [0.1, 0.15) is 29.5 Å². The van der Waals surface area contributed by atoms with Crippen molar-refractivity contribution in [2.24, 2.45) is 5.84 Å². The molecule has 3 N–H and O–H groups in total. The van der Waals surface area contributed by atoms with Crippen LogP contribution in [0.25, 0.3) is 0 Å². The van der Waals surface area contributed by atoms with E-state index >= 15 is 0 Å². The molecule has 1 aromatic carbocycles. The molecule has 4 heteroatoms. The molecule has 0 spiro atoms. The van der Waals surface area contributed by atoms with Crippen molar-refractivity contribution < 1.29 is 9.53 Å². The van der Waals surface area contributed by atoms with Gasteiger partial charge in [0.1, 0.15) is 5.75 Å². The van der Waals surface area contributed by atoms with Gasteiger partial charge in [-0.15, -0.1) is 0 Å². The highest BCUT2D eigenvalue weighted by atomic mass is 16.5. The highest BCUT2D eigenvalue weighted by Crippen LogP contribution is 2.31. The molecule has 0 aliphatic carbocycles. The number of carbonyl (C=O) groups is 1. The summed E-state index contributed by atoms with van der Waals surface area (Å²) < 4.78 is 5.33. The summed E-state index contributed by atoms with van der Waals surface area (Å²) >= 11 is 0. The first-order chi connectivity index (χ1) is 7.51. The Hall–Kier alpha value is -1.55. The molecular weight excluding hydrogens is 204 g/mol. The minimum atomic E-state index is -0.321. The molecule has 1 amide bonds. The predicted molar refractivity (Wildman–Crippen MR) is 63.2 cm³/mol. The van der Waals surface area contributed by atoms with Gasteiger partial charge in [-0.05, 0) is 26.3 Å². The fourth-order valence-corrected chi connectivity index (χ4v) is 1.85. The van der Waals surface area contributed by atoms with E-state index in [1.54, 1.807) is 14.0 Å². The molecule has 0 heterocycles. The number of rotatable bonds is 3. The van der Waals surface area contributed by atoms with Crippen LogP contribution in [0.15, 0.2) is 12.1 Å². The van der Waals surface area contributed by atoms with Crippen LogP contribution in [0.4, 0.5) is 0 Å². The maximum atomic E-state index is 11.5. The van der Waals surface area contributed by atoms with Crippen molar-refractivity contribution in [2.75, 3.05) is 7.11 Å². The van der Waals surface area contributed by atoms with Crippen molar-refractivity contribution in [1.82, 2.24) is 5.43 Å². The van der Waals surface area contributed by atoms with E-state index in [1.807, 2.05) is 26.0 Å². The second-order valence-corrected chi connectivity index (χ2v) is 3.93. The van der Waals surface area contributed by atoms with E-state index in [-0.39, 0.29) is 11.8 Å². The molecular formula is C12H18N2O2. The number of ether oxygens (including phenoxy) is 1. The van der Waals surface area contributed by atoms with E-state index in [2.05, 4.69) is 5.43 Å². The summed E-state index contributed by atoms with van der Waals surface area (Å²) in [5.41, 5.74) is 5.15. The van der Waals surface area contributed by atoms with Gasteiger partial charge in [0, 0.05) is 5.56 Å². The van der Waals surface area contributed by atoms with Gasteiger partial charge < -0.3 is 4.74 Å². The zero-order chi connectivity index (χ0) is 12.3. The number of nitrogens with one attached hydrogen (secondary N) is 1. The zero-order valence-electron chi connectivity index (χ0n) is 10.1. The first-order valence-electron chi connectivity index (χ1n) is 5.16. The maximum absolute atomic E-state index is 11.5. The van der Waals surface area contributed by atoms with Gasteiger partial charge >= 0.3 is 0 Å². The molecule has 1 aromatic rings. The van der Waals surface area contributed by atoms with Crippen LogP contribution in [0.5, 0.6) is 5.75 Å². The van der Waals surface area contributed by atoms with E-state index < -0.39 is 0 Å². The largest absolute Gasteiger partial charge is 0.496 e. The predicted octanol–water partition coefficient (Wildman–Crippen LogP) is 1.41. The van der Waals surface area contributed by atoms with Crippen molar-refractivity contribution in [3.05, 3.63) is 28.8 Å². The Kier molecular flexibility index (Phi) is 3.90. The molecule has 16 heavy (non-hydrogen) atoms. The van der Waals surface area contributed by atoms with Crippen LogP contribution in [0, 0.1) is 13.8 Å². The monoisotopic (exact) mass is 222 g/mol. The lowest BCUT2D eigenvalue weighted by atomic mass is 9.95. The van der Waals surface area contributed by atoms with Crippen molar-refractivity contribution in [3.8, 4) is 5.75 Å². The first-order valence-corrected chi connectivity index (χ1v) is 5.16. The molecule has 88 valence electrons. The number of amides is 1. The summed E-state index contributed by atoms with van der Waals surface area (Å²) in [5.74, 6) is 5.35. The molecule has 1 unspecified atom stereocenters. The van der Waals surface area contributed by atoms with Gasteiger partial charge in [0.2, 0.25) is 5.91 Å². The molecule has 0 aliphatic heterocycles. The summed E-state index contributed by atoms with van der Waals surface area (Å²) in [5, 5.41) is 0. The molecule has 0 radical (unpaired) electrons. The topological polar surface area (TPSA) is 64.3 Å². The lowest BCUT2D eigenvalue weighted by molar-refractivity contribution is -0.122. The van der Waals surface area contributed by atoms with Gasteiger partial charge in [-0.2, -0.15) is 0 Å². The molecule has 0 saturated carbocycles. The van der Waals surface area contributed by atoms with Gasteiger partial charge in [-0.1, -0.05) is 17.7 Å². The third kappa shape index (κ3) is 2.33. The molecule has 0 bridgehead atoms. The van der Waals surface area contributed by atoms with Crippen LogP contribution in [0.3, 0.4) is 0 Å². The molecule has 0 saturated heterocycles. The molecule has 0 fully saturated rings. The van der Waals surface area contributed by atoms with Crippen molar-refractivity contribution in [2.45, 2.75) is 26.7 Å². The first kappa shape index (κ1) is 12.5. The quantitative estimate of drug-likeness (QED) is 0.461. The van der Waals surface area contributed by atoms with Gasteiger partial charge in [0.25, 0.3) is 0 Å². The SMILES string of the molecule is COc1c(C)cc(C)cc1C(C)C(=O)NN. The van der Waals surface area contributed by atoms with E-state index in [4.69, 9.17) is 10.6 Å². The molecule has 1 rings (SSSR count). The Balaban J connectivity index is 3.25. The van der Waals surface area contributed by atoms with Crippen molar-refractivity contribution in [3.63, 3.8) is 0 Å². The lowest BCUT2D eigenvalue weighted by Gasteiger charge is -2.17. The van der Waals surface area contributed by atoms with Gasteiger partial charge in [-0.25, -0.2) is 5.84 Å². The summed E-state index contributed by atoms with van der Waals surface area (Å²) in [7, 11) is 1.61. The smallest absolute Gasteiger partial charge is 0.241 e. The fourth-order valence-electron chi connectivity index (χ4n) is 1.85. The van der Waals surface area contributed by atoms with Gasteiger partial charge in [-0.3, -0.25) is 10.2 Å². The number of methoxy groups -OCH3 is 1. The number of hydrazine groups is 1. The molecule has 4 nitrogen and oxygen atoms in total. The molecule has 0 aliphatic rings. The Bertz CT molecular complexity index is 402. The van der Waals surface area contributed by atoms with Gasteiger partial charge in [0.05, 0.1) is 13.0 Å². The second-order valence-electron chi connectivity index (χ2n) is 3.93. The Morgan fingerprint density at radius 3 is 2.56 bits per heavy atom. The van der Waals surface area contributed by atoms with Crippen LogP contribution in [-0.2, 0) is 4.79 Å². The number of aryl methyl sites for hydroxylation is 2. The Morgan fingerprint density at radius 1 is 1.44 bits per heavy atom. The Labute approximate surface area is 95.8 Å². The number of carbonyl (C=O) groups excluding carboxylic acids is 1. The third-order valence-electron chi connectivity index (χ3n) is 2.65. The standard InChI is InChI=1S/C12H18N2O2/c1-7-5-8(2)11(16-4)10(6-7)9(3)12(15)14-13/h5-6,9H,13H2,1-4H3,(H,14,15). The lowest BCUT2D eigenvalue weighted by Crippen LogP contribution is -2.33. The second kappa shape index (κ2) is 4.99. The van der Waals surface area contributed by atoms with E-state index in [0.29, 0.717) is 0 Å². The minimum absolute atomic E-state index is 0.219. The summed E-state index contributed by atoms with van der Waals surface area (Å²) in [6, 6.07) is 3.97. The molecule has 0 aromatic heterocycles. The zero-order valence-corrected chi connectivity index (χ0v) is 10.1. The normalized spacial score (nSPS) is 12.1. The van der Waals surface area contributed by atoms with E-state index in [0.717, 1.165) is 22.4 Å². The maximum Gasteiger partial charge on any atom is 0.241 e. The van der Waals surface area contributed by atoms with Crippen molar-refractivity contribution in [1.29, 1.82) is 0 Å². The number of hydrogen-bond acceptors (Lipinski definition) is 3. The highest BCUT2D eigenvalue weighted by molar-refractivity contribution is 5.83. The highest BCUT2D eigenvalue weighted by Gasteiger charge is 2.19. The summed E-state index contributed by atoms with van der Waals surface area (Å²) in [4.78, 5) is 11.5. The van der Waals surface area contributed by atoms with Crippen LogP contribution < -0.4 is 16.0 Å². The number of hydrogen-bond donors (Lipinski definition) is 2. The minimum Gasteiger partial charge on any atom is -0.496 e. The van der Waals surface area contributed by atoms with E-state index in [9.17, 15) is 4.79 Å². The van der Waals surface area contributed by atoms with Crippen LogP contribution in [-0.4, -0.2) is 13.0 Å². The van der Waals surface area contributed by atoms with Crippen LogP contribution in [0.2, 0.25) is 0 Å². The fraction of sp³-hybridized carbons (Fsp3) is 0.417. The number of nitrogens with two attached hydrogens (primary N) is 1. The van der Waals surface area contributed by atoms with E-state index in [1.165, 1.54) is 0 Å². The van der Waals surface area contributed by atoms with Gasteiger partial charge in [0.15, 0.2) is 0 Å². The summed E-state index contributed by atoms with van der Waals surface area (Å²) in [6.45, 7) is 5.75. The Morgan fingerprint density at radius 2 is 2.06 bits per heavy atom. The summed E-state index contributed by atoms with van der Waals surface area (Å²) in [6.07, 6.45) is 0. The van der Waals surface area contributed by atoms with Crippen molar-refractivity contribution >= 4 is 5.91 Å². The number of benzene rings is 1. The third-order valence-corrected chi connectivity index (χ3v) is 2.65. The molecule has 1 atom stereocenters. The average molecular weight is 222 g/mol. The average Bonchev–Trinajstić information content (AvgIpc) is 2.26. The van der Waals surface area contributed by atoms with Crippen LogP contribution >= 0.6 is 0 Å².